The number of ketones is 2. The Labute approximate surface area is 102 Å². The smallest absolute Gasteiger partial charge is 0.319 e. The Hall–Kier alpha value is -1.19. The van der Waals surface area contributed by atoms with Gasteiger partial charge in [-0.1, -0.05) is 6.92 Å². The second-order valence-corrected chi connectivity index (χ2v) is 4.78. The molecule has 96 valence electrons. The third-order valence-corrected chi connectivity index (χ3v) is 3.55. The van der Waals surface area contributed by atoms with Gasteiger partial charge in [0.05, 0.1) is 6.61 Å². The lowest BCUT2D eigenvalue weighted by molar-refractivity contribution is -0.162. The topological polar surface area (TPSA) is 60.4 Å². The normalized spacial score (nSPS) is 25.7. The van der Waals surface area contributed by atoms with Crippen LogP contribution in [0.15, 0.2) is 0 Å². The summed E-state index contributed by atoms with van der Waals surface area (Å²) in [6, 6.07) is 0. The third-order valence-electron chi connectivity index (χ3n) is 3.55. The molecule has 0 aliphatic heterocycles. The third kappa shape index (κ3) is 2.56. The molecule has 1 rings (SSSR count). The Morgan fingerprint density at radius 2 is 2.12 bits per heavy atom. The molecule has 0 aromatic rings. The number of rotatable bonds is 5. The highest BCUT2D eigenvalue weighted by molar-refractivity contribution is 6.06. The molecular weight excluding hydrogens is 220 g/mol. The summed E-state index contributed by atoms with van der Waals surface area (Å²) in [5.41, 5.74) is -1.07. The molecule has 0 aromatic carbocycles. The molecule has 1 aliphatic carbocycles. The fourth-order valence-corrected chi connectivity index (χ4v) is 2.69. The number of hydrogen-bond acceptors (Lipinski definition) is 4. The average molecular weight is 240 g/mol. The second kappa shape index (κ2) is 5.43. The Balaban J connectivity index is 2.97. The monoisotopic (exact) mass is 240 g/mol. The minimum atomic E-state index is -1.07. The largest absolute Gasteiger partial charge is 0.465 e. The van der Waals surface area contributed by atoms with Gasteiger partial charge in [-0.3, -0.25) is 9.59 Å². The summed E-state index contributed by atoms with van der Waals surface area (Å²) in [4.78, 5) is 35.2. The summed E-state index contributed by atoms with van der Waals surface area (Å²) in [6.07, 6.45) is 1.89. The predicted molar refractivity (Wildman–Crippen MR) is 62.4 cm³/mol. The zero-order valence-electron chi connectivity index (χ0n) is 10.7. The van der Waals surface area contributed by atoms with E-state index < -0.39 is 11.4 Å². The molecule has 1 saturated carbocycles. The molecule has 0 spiro atoms. The van der Waals surface area contributed by atoms with Crippen LogP contribution in [0.5, 0.6) is 0 Å². The molecule has 4 nitrogen and oxygen atoms in total. The highest BCUT2D eigenvalue weighted by Crippen LogP contribution is 2.44. The van der Waals surface area contributed by atoms with Gasteiger partial charge in [-0.2, -0.15) is 0 Å². The lowest BCUT2D eigenvalue weighted by Gasteiger charge is -2.30. The van der Waals surface area contributed by atoms with Crippen molar-refractivity contribution in [3.63, 3.8) is 0 Å². The minimum absolute atomic E-state index is 0.000809. The molecule has 17 heavy (non-hydrogen) atoms. The Morgan fingerprint density at radius 1 is 1.47 bits per heavy atom. The van der Waals surface area contributed by atoms with Crippen molar-refractivity contribution in [1.82, 2.24) is 0 Å². The van der Waals surface area contributed by atoms with E-state index in [9.17, 15) is 14.4 Å². The molecule has 2 atom stereocenters. The molecule has 0 aromatic heterocycles. The first-order valence-electron chi connectivity index (χ1n) is 6.15. The Morgan fingerprint density at radius 3 is 2.53 bits per heavy atom. The van der Waals surface area contributed by atoms with E-state index in [4.69, 9.17) is 4.74 Å². The number of carbonyl (C=O) groups excluding carboxylic acids is 3. The van der Waals surface area contributed by atoms with E-state index in [0.29, 0.717) is 19.3 Å². The fourth-order valence-electron chi connectivity index (χ4n) is 2.69. The quantitative estimate of drug-likeness (QED) is 0.544. The summed E-state index contributed by atoms with van der Waals surface area (Å²) in [5, 5.41) is 0. The van der Waals surface area contributed by atoms with Gasteiger partial charge < -0.3 is 9.53 Å². The number of Topliss-reactive ketones (excluding diaryl/α,β-unsaturated/α-hetero) is 2. The summed E-state index contributed by atoms with van der Waals surface area (Å²) < 4.78 is 5.03. The van der Waals surface area contributed by atoms with Gasteiger partial charge in [0, 0.05) is 12.8 Å². The first-order chi connectivity index (χ1) is 7.95. The molecule has 0 saturated heterocycles. The van der Waals surface area contributed by atoms with E-state index >= 15 is 0 Å². The number of ether oxygens (including phenoxy) is 1. The molecule has 0 radical (unpaired) electrons. The molecule has 1 fully saturated rings. The van der Waals surface area contributed by atoms with Crippen LogP contribution >= 0.6 is 0 Å². The van der Waals surface area contributed by atoms with Crippen LogP contribution in [0.1, 0.15) is 46.5 Å². The Kier molecular flexibility index (Phi) is 4.43. The van der Waals surface area contributed by atoms with Gasteiger partial charge in [-0.05, 0) is 32.6 Å². The molecular formula is C13H20O4. The summed E-state index contributed by atoms with van der Waals surface area (Å²) >= 11 is 0. The van der Waals surface area contributed by atoms with Gasteiger partial charge in [0.15, 0.2) is 0 Å². The summed E-state index contributed by atoms with van der Waals surface area (Å²) in [6.45, 7) is 5.26. The highest BCUT2D eigenvalue weighted by atomic mass is 16.5. The maximum Gasteiger partial charge on any atom is 0.319 e. The second-order valence-electron chi connectivity index (χ2n) is 4.78. The van der Waals surface area contributed by atoms with Crippen molar-refractivity contribution >= 4 is 17.5 Å². The maximum absolute atomic E-state index is 12.0. The van der Waals surface area contributed by atoms with Crippen molar-refractivity contribution in [2.24, 2.45) is 11.3 Å². The predicted octanol–water partition coefficient (Wildman–Crippen LogP) is 1.90. The van der Waals surface area contributed by atoms with Gasteiger partial charge in [0.25, 0.3) is 0 Å². The first-order valence-corrected chi connectivity index (χ1v) is 6.15. The molecule has 0 bridgehead atoms. The van der Waals surface area contributed by atoms with Crippen molar-refractivity contribution < 1.29 is 19.1 Å². The summed E-state index contributed by atoms with van der Waals surface area (Å²) in [5.74, 6) is -0.782. The van der Waals surface area contributed by atoms with Crippen LogP contribution < -0.4 is 0 Å². The Bertz CT molecular complexity index is 334. The van der Waals surface area contributed by atoms with Crippen LogP contribution in [0.2, 0.25) is 0 Å². The van der Waals surface area contributed by atoms with E-state index in [1.54, 1.807) is 13.8 Å². The van der Waals surface area contributed by atoms with E-state index in [2.05, 4.69) is 0 Å². The maximum atomic E-state index is 12.0. The van der Waals surface area contributed by atoms with Crippen molar-refractivity contribution in [3.8, 4) is 0 Å². The van der Waals surface area contributed by atoms with Crippen molar-refractivity contribution in [1.29, 1.82) is 0 Å². The molecule has 4 heteroatoms. The van der Waals surface area contributed by atoms with E-state index in [1.807, 2.05) is 0 Å². The van der Waals surface area contributed by atoms with Crippen molar-refractivity contribution in [2.75, 3.05) is 6.61 Å². The van der Waals surface area contributed by atoms with Crippen LogP contribution in [0.25, 0.3) is 0 Å². The van der Waals surface area contributed by atoms with E-state index in [0.717, 1.165) is 0 Å². The lowest BCUT2D eigenvalue weighted by Crippen LogP contribution is -2.43. The van der Waals surface area contributed by atoms with Crippen LogP contribution in [0.3, 0.4) is 0 Å². The summed E-state index contributed by atoms with van der Waals surface area (Å²) in [7, 11) is 0. The molecule has 0 amide bonds. The van der Waals surface area contributed by atoms with Crippen LogP contribution in [-0.4, -0.2) is 24.1 Å². The van der Waals surface area contributed by atoms with E-state index in [1.165, 1.54) is 6.92 Å². The number of esters is 1. The molecule has 0 heterocycles. The van der Waals surface area contributed by atoms with Crippen LogP contribution in [0, 0.1) is 11.3 Å². The van der Waals surface area contributed by atoms with Gasteiger partial charge in [-0.15, -0.1) is 0 Å². The van der Waals surface area contributed by atoms with E-state index in [-0.39, 0.29) is 30.5 Å². The van der Waals surface area contributed by atoms with Crippen molar-refractivity contribution in [2.45, 2.75) is 46.5 Å². The van der Waals surface area contributed by atoms with Gasteiger partial charge in [-0.25, -0.2) is 0 Å². The zero-order chi connectivity index (χ0) is 13.1. The SMILES string of the molecule is CCOC(=O)[C@]1([C@@H](C)CC(C)=O)CCCC1=O. The number of hydrogen-bond donors (Lipinski definition) is 0. The highest BCUT2D eigenvalue weighted by Gasteiger charge is 2.53. The zero-order valence-corrected chi connectivity index (χ0v) is 10.7. The number of carbonyl (C=O) groups is 3. The fraction of sp³-hybridized carbons (Fsp3) is 0.769. The lowest BCUT2D eigenvalue weighted by atomic mass is 9.72. The van der Waals surface area contributed by atoms with Crippen LogP contribution in [-0.2, 0) is 19.1 Å². The van der Waals surface area contributed by atoms with Gasteiger partial charge >= 0.3 is 5.97 Å². The molecule has 0 unspecified atom stereocenters. The molecule has 0 N–H and O–H groups in total. The van der Waals surface area contributed by atoms with Crippen LogP contribution in [0.4, 0.5) is 0 Å². The molecule has 1 aliphatic rings. The van der Waals surface area contributed by atoms with Gasteiger partial charge in [0.1, 0.15) is 17.0 Å². The minimum Gasteiger partial charge on any atom is -0.465 e. The standard InChI is InChI=1S/C13H20O4/c1-4-17-12(16)13(7-5-6-11(13)15)9(2)8-10(3)14/h9H,4-8H2,1-3H3/t9-,13-/m0/s1. The first kappa shape index (κ1) is 13.9. The van der Waals surface area contributed by atoms with Gasteiger partial charge in [0.2, 0.25) is 0 Å². The van der Waals surface area contributed by atoms with Crippen molar-refractivity contribution in [3.05, 3.63) is 0 Å². The average Bonchev–Trinajstić information content (AvgIpc) is 2.60.